The molecule has 1 amide bonds. The van der Waals surface area contributed by atoms with E-state index in [1.54, 1.807) is 6.07 Å². The second-order valence-corrected chi connectivity index (χ2v) is 6.53. The van der Waals surface area contributed by atoms with Crippen LogP contribution in [0.3, 0.4) is 0 Å². The fraction of sp³-hybridized carbons (Fsp3) is 0.400. The third-order valence-electron chi connectivity index (χ3n) is 4.48. The molecule has 1 aromatic heterocycles. The first-order valence-electron chi connectivity index (χ1n) is 9.28. The number of hydrogen-bond donors (Lipinski definition) is 3. The number of anilines is 1. The Morgan fingerprint density at radius 2 is 2.15 bits per heavy atom. The van der Waals surface area contributed by atoms with Crippen LogP contribution in [0.1, 0.15) is 52.6 Å². The summed E-state index contributed by atoms with van der Waals surface area (Å²) < 4.78 is 19.8. The van der Waals surface area contributed by atoms with E-state index >= 15 is 0 Å². The number of hydrogen-bond acceptors (Lipinski definition) is 4. The minimum Gasteiger partial charge on any atom is -0.492 e. The van der Waals surface area contributed by atoms with Gasteiger partial charge in [-0.25, -0.2) is 4.39 Å². The van der Waals surface area contributed by atoms with Crippen LogP contribution in [0.25, 0.3) is 0 Å². The number of rotatable bonds is 8. The van der Waals surface area contributed by atoms with Crippen LogP contribution < -0.4 is 15.4 Å². The van der Waals surface area contributed by atoms with Crippen molar-refractivity contribution >= 4 is 17.4 Å². The summed E-state index contributed by atoms with van der Waals surface area (Å²) >= 11 is 0. The zero-order chi connectivity index (χ0) is 19.2. The average Bonchev–Trinajstić information content (AvgIpc) is 3.09. The van der Waals surface area contributed by atoms with Crippen molar-refractivity contribution in [1.29, 1.82) is 0 Å². The number of ether oxygens (including phenoxy) is 1. The van der Waals surface area contributed by atoms with Gasteiger partial charge < -0.3 is 20.4 Å². The molecule has 6 nitrogen and oxygen atoms in total. The molecule has 1 aromatic carbocycles. The normalized spacial score (nSPS) is 13.3. The number of aromatic nitrogens is 1. The van der Waals surface area contributed by atoms with E-state index in [-0.39, 0.29) is 17.0 Å². The lowest BCUT2D eigenvalue weighted by Gasteiger charge is -2.12. The van der Waals surface area contributed by atoms with Gasteiger partial charge >= 0.3 is 0 Å². The first-order valence-corrected chi connectivity index (χ1v) is 9.28. The standard InChI is InChI=1S/C20H24FN3O3/c1-2-8-22-9-10-27-13-6-7-16(15(21)11-13)24-20(26)14-12-23-17-4-3-5-18(25)19(14)17/h6-7,11-12,22-23H,2-5,8-10H2,1H3,(H,24,26). The molecule has 0 bridgehead atoms. The number of H-pyrrole nitrogens is 1. The molecule has 27 heavy (non-hydrogen) atoms. The van der Waals surface area contributed by atoms with Gasteiger partial charge in [0.25, 0.3) is 5.91 Å². The summed E-state index contributed by atoms with van der Waals surface area (Å²) in [6, 6.07) is 4.31. The Bertz CT molecular complexity index is 832. The first kappa shape index (κ1) is 19.1. The van der Waals surface area contributed by atoms with Crippen LogP contribution in [0.5, 0.6) is 5.75 Å². The molecular weight excluding hydrogens is 349 g/mol. The van der Waals surface area contributed by atoms with Gasteiger partial charge in [-0.2, -0.15) is 0 Å². The first-order chi connectivity index (χ1) is 13.1. The molecule has 1 aliphatic rings. The van der Waals surface area contributed by atoms with Gasteiger partial charge in [0, 0.05) is 30.9 Å². The van der Waals surface area contributed by atoms with Crippen molar-refractivity contribution in [2.45, 2.75) is 32.6 Å². The number of benzene rings is 1. The fourth-order valence-corrected chi connectivity index (χ4v) is 3.13. The quantitative estimate of drug-likeness (QED) is 0.620. The number of halogens is 1. The molecular formula is C20H24FN3O3. The lowest BCUT2D eigenvalue weighted by Crippen LogP contribution is -2.21. The third kappa shape index (κ3) is 4.54. The van der Waals surface area contributed by atoms with Gasteiger partial charge in [-0.05, 0) is 37.9 Å². The van der Waals surface area contributed by atoms with E-state index in [9.17, 15) is 14.0 Å². The molecule has 7 heteroatoms. The molecule has 1 aliphatic carbocycles. The maximum atomic E-state index is 14.3. The van der Waals surface area contributed by atoms with Crippen molar-refractivity contribution in [1.82, 2.24) is 10.3 Å². The fourth-order valence-electron chi connectivity index (χ4n) is 3.13. The van der Waals surface area contributed by atoms with E-state index < -0.39 is 11.7 Å². The molecule has 3 N–H and O–H groups in total. The topological polar surface area (TPSA) is 83.2 Å². The van der Waals surface area contributed by atoms with Crippen molar-refractivity contribution in [3.05, 3.63) is 47.0 Å². The summed E-state index contributed by atoms with van der Waals surface area (Å²) in [5, 5.41) is 5.74. The van der Waals surface area contributed by atoms with Crippen LogP contribution in [0, 0.1) is 5.82 Å². The largest absolute Gasteiger partial charge is 0.492 e. The minimum atomic E-state index is -0.585. The lowest BCUT2D eigenvalue weighted by molar-refractivity contribution is 0.0956. The van der Waals surface area contributed by atoms with Gasteiger partial charge in [-0.3, -0.25) is 9.59 Å². The van der Waals surface area contributed by atoms with Crippen LogP contribution in [0.4, 0.5) is 10.1 Å². The Morgan fingerprint density at radius 1 is 1.30 bits per heavy atom. The minimum absolute atomic E-state index is 0.0506. The highest BCUT2D eigenvalue weighted by atomic mass is 19.1. The Labute approximate surface area is 157 Å². The summed E-state index contributed by atoms with van der Waals surface area (Å²) in [7, 11) is 0. The Morgan fingerprint density at radius 3 is 2.93 bits per heavy atom. The molecule has 0 fully saturated rings. The van der Waals surface area contributed by atoms with Crippen LogP contribution in [-0.4, -0.2) is 36.4 Å². The van der Waals surface area contributed by atoms with Crippen molar-refractivity contribution in [3.63, 3.8) is 0 Å². The molecule has 0 atom stereocenters. The number of aromatic amines is 1. The van der Waals surface area contributed by atoms with Crippen molar-refractivity contribution in [2.24, 2.45) is 0 Å². The zero-order valence-electron chi connectivity index (χ0n) is 15.4. The summed E-state index contributed by atoms with van der Waals surface area (Å²) in [6.45, 7) is 4.10. The Kier molecular flexibility index (Phi) is 6.24. The van der Waals surface area contributed by atoms with Gasteiger partial charge in [0.2, 0.25) is 0 Å². The van der Waals surface area contributed by atoms with Crippen LogP contribution in [-0.2, 0) is 6.42 Å². The SMILES string of the molecule is CCCNCCOc1ccc(NC(=O)c2c[nH]c3c2C(=O)CCC3)c(F)c1. The van der Waals surface area contributed by atoms with E-state index in [0.717, 1.165) is 31.5 Å². The van der Waals surface area contributed by atoms with E-state index in [0.29, 0.717) is 30.9 Å². The predicted octanol–water partition coefficient (Wildman–Crippen LogP) is 3.30. The number of fused-ring (bicyclic) bond motifs is 1. The summed E-state index contributed by atoms with van der Waals surface area (Å²) in [4.78, 5) is 27.6. The second-order valence-electron chi connectivity index (χ2n) is 6.53. The molecule has 3 rings (SSSR count). The van der Waals surface area contributed by atoms with Gasteiger partial charge in [0.15, 0.2) is 5.78 Å². The number of Topliss-reactive ketones (excluding diaryl/α,β-unsaturated/α-hetero) is 1. The predicted molar refractivity (Wildman–Crippen MR) is 101 cm³/mol. The van der Waals surface area contributed by atoms with Gasteiger partial charge in [0.1, 0.15) is 18.2 Å². The van der Waals surface area contributed by atoms with Gasteiger partial charge in [0.05, 0.1) is 16.8 Å². The molecule has 0 spiro atoms. The Hall–Kier alpha value is -2.67. The highest BCUT2D eigenvalue weighted by molar-refractivity contribution is 6.13. The van der Waals surface area contributed by atoms with Crippen LogP contribution in [0.15, 0.2) is 24.4 Å². The number of carbonyl (C=O) groups is 2. The van der Waals surface area contributed by atoms with E-state index in [2.05, 4.69) is 22.5 Å². The number of carbonyl (C=O) groups excluding carboxylic acids is 2. The van der Waals surface area contributed by atoms with Gasteiger partial charge in [-0.1, -0.05) is 6.92 Å². The average molecular weight is 373 g/mol. The van der Waals surface area contributed by atoms with Gasteiger partial charge in [-0.15, -0.1) is 0 Å². The third-order valence-corrected chi connectivity index (χ3v) is 4.48. The second kappa shape index (κ2) is 8.81. The molecule has 1 heterocycles. The maximum Gasteiger partial charge on any atom is 0.258 e. The highest BCUT2D eigenvalue weighted by Crippen LogP contribution is 2.26. The summed E-state index contributed by atoms with van der Waals surface area (Å²) in [5.74, 6) is -0.737. The molecule has 0 unspecified atom stereocenters. The number of aryl methyl sites for hydroxylation is 1. The van der Waals surface area contributed by atoms with Crippen molar-refractivity contribution < 1.29 is 18.7 Å². The van der Waals surface area contributed by atoms with Crippen molar-refractivity contribution in [3.8, 4) is 5.75 Å². The molecule has 0 saturated heterocycles. The monoisotopic (exact) mass is 373 g/mol. The lowest BCUT2D eigenvalue weighted by atomic mass is 9.93. The smallest absolute Gasteiger partial charge is 0.258 e. The van der Waals surface area contributed by atoms with E-state index in [4.69, 9.17) is 4.74 Å². The number of amides is 1. The number of nitrogens with one attached hydrogen (secondary N) is 3. The summed E-state index contributed by atoms with van der Waals surface area (Å²) in [5.41, 5.74) is 1.52. The summed E-state index contributed by atoms with van der Waals surface area (Å²) in [6.07, 6.45) is 4.50. The molecule has 0 aliphatic heterocycles. The maximum absolute atomic E-state index is 14.3. The zero-order valence-corrected chi connectivity index (χ0v) is 15.4. The van der Waals surface area contributed by atoms with E-state index in [1.165, 1.54) is 18.3 Å². The van der Waals surface area contributed by atoms with Crippen LogP contribution >= 0.6 is 0 Å². The van der Waals surface area contributed by atoms with E-state index in [1.807, 2.05) is 0 Å². The molecule has 144 valence electrons. The highest BCUT2D eigenvalue weighted by Gasteiger charge is 2.26. The van der Waals surface area contributed by atoms with Crippen LogP contribution in [0.2, 0.25) is 0 Å². The molecule has 2 aromatic rings. The number of ketones is 1. The van der Waals surface area contributed by atoms with Crippen molar-refractivity contribution in [2.75, 3.05) is 25.0 Å². The molecule has 0 saturated carbocycles. The Balaban J connectivity index is 1.63. The molecule has 0 radical (unpaired) electrons.